The molecule has 0 aliphatic carbocycles. The average Bonchev–Trinajstić information content (AvgIpc) is 2.37. The van der Waals surface area contributed by atoms with Gasteiger partial charge in [0, 0.05) is 11.5 Å². The molecule has 4 nitrogen and oxygen atoms in total. The number of aromatic nitrogens is 1. The Balaban J connectivity index is 2.87. The number of nitrogens with zero attached hydrogens (tertiary/aromatic N) is 1. The number of carbonyl (C=O) groups is 1. The van der Waals surface area contributed by atoms with E-state index in [1.165, 1.54) is 6.08 Å². The molecule has 1 N–H and O–H groups in total. The van der Waals surface area contributed by atoms with Crippen molar-refractivity contribution >= 4 is 5.97 Å². The van der Waals surface area contributed by atoms with E-state index in [1.807, 2.05) is 26.0 Å². The van der Waals surface area contributed by atoms with Crippen molar-refractivity contribution in [3.8, 4) is 0 Å². The highest BCUT2D eigenvalue weighted by Gasteiger charge is 2.19. The molecule has 0 atom stereocenters. The Morgan fingerprint density at radius 2 is 2.22 bits per heavy atom. The topological polar surface area (TPSA) is 59.4 Å². The van der Waals surface area contributed by atoms with Crippen molar-refractivity contribution in [1.82, 2.24) is 4.98 Å². The second kappa shape index (κ2) is 6.31. The summed E-state index contributed by atoms with van der Waals surface area (Å²) in [6.45, 7) is 5.94. The summed E-state index contributed by atoms with van der Waals surface area (Å²) < 4.78 is 4.83. The number of hydrogen-bond donors (Lipinski definition) is 1. The number of allylic oxidation sites excluding steroid dienone is 1. The van der Waals surface area contributed by atoms with E-state index in [4.69, 9.17) is 9.84 Å². The number of ether oxygens (including phenoxy) is 1. The van der Waals surface area contributed by atoms with E-state index >= 15 is 0 Å². The van der Waals surface area contributed by atoms with Gasteiger partial charge >= 0.3 is 5.97 Å². The number of pyridine rings is 1. The van der Waals surface area contributed by atoms with Gasteiger partial charge < -0.3 is 9.84 Å². The number of aliphatic hydroxyl groups is 1. The molecule has 0 aromatic carbocycles. The molecule has 18 heavy (non-hydrogen) atoms. The smallest absolute Gasteiger partial charge is 0.330 e. The standard InChI is InChI=1S/C14H19NO3/c1-4-18-13(17)8-9-14(2,3)12-7-5-6-11(10-16)15-12/h5-9,16H,4,10H2,1-3H3/b9-8+. The molecule has 1 heterocycles. The van der Waals surface area contributed by atoms with Gasteiger partial charge in [0.15, 0.2) is 0 Å². The van der Waals surface area contributed by atoms with Gasteiger partial charge in [0.2, 0.25) is 0 Å². The Bertz CT molecular complexity index is 438. The summed E-state index contributed by atoms with van der Waals surface area (Å²) in [4.78, 5) is 15.6. The van der Waals surface area contributed by atoms with Crippen LogP contribution in [0.4, 0.5) is 0 Å². The second-order valence-electron chi connectivity index (χ2n) is 4.48. The molecular formula is C14H19NO3. The van der Waals surface area contributed by atoms with Gasteiger partial charge in [-0.1, -0.05) is 26.0 Å². The number of hydrogen-bond acceptors (Lipinski definition) is 4. The molecule has 0 saturated heterocycles. The van der Waals surface area contributed by atoms with E-state index in [0.29, 0.717) is 12.3 Å². The van der Waals surface area contributed by atoms with Crippen molar-refractivity contribution in [2.45, 2.75) is 32.8 Å². The second-order valence-corrected chi connectivity index (χ2v) is 4.48. The Kier molecular flexibility index (Phi) is 5.04. The summed E-state index contributed by atoms with van der Waals surface area (Å²) in [5.74, 6) is -0.358. The molecule has 0 saturated carbocycles. The van der Waals surface area contributed by atoms with Crippen LogP contribution in [0.25, 0.3) is 0 Å². The van der Waals surface area contributed by atoms with Crippen LogP contribution in [0.2, 0.25) is 0 Å². The molecule has 98 valence electrons. The molecular weight excluding hydrogens is 230 g/mol. The zero-order valence-electron chi connectivity index (χ0n) is 11.0. The Morgan fingerprint density at radius 1 is 1.50 bits per heavy atom. The lowest BCUT2D eigenvalue weighted by molar-refractivity contribution is -0.137. The summed E-state index contributed by atoms with van der Waals surface area (Å²) in [7, 11) is 0. The van der Waals surface area contributed by atoms with Gasteiger partial charge in [-0.25, -0.2) is 4.79 Å². The fourth-order valence-corrected chi connectivity index (χ4v) is 1.48. The van der Waals surface area contributed by atoms with Crippen molar-refractivity contribution < 1.29 is 14.6 Å². The highest BCUT2D eigenvalue weighted by molar-refractivity contribution is 5.82. The Labute approximate surface area is 107 Å². The normalized spacial score (nSPS) is 11.8. The van der Waals surface area contributed by atoms with Crippen LogP contribution in [-0.2, 0) is 21.6 Å². The lowest BCUT2D eigenvalue weighted by Gasteiger charge is -2.20. The minimum atomic E-state index is -0.391. The van der Waals surface area contributed by atoms with Crippen LogP contribution in [0, 0.1) is 0 Å². The van der Waals surface area contributed by atoms with Crippen LogP contribution in [0.3, 0.4) is 0 Å². The number of esters is 1. The van der Waals surface area contributed by atoms with Gasteiger partial charge in [0.1, 0.15) is 0 Å². The molecule has 0 unspecified atom stereocenters. The first kappa shape index (κ1) is 14.4. The van der Waals surface area contributed by atoms with Crippen LogP contribution < -0.4 is 0 Å². The Morgan fingerprint density at radius 3 is 2.83 bits per heavy atom. The molecule has 0 bridgehead atoms. The van der Waals surface area contributed by atoms with Gasteiger partial charge in [-0.3, -0.25) is 4.98 Å². The van der Waals surface area contributed by atoms with Crippen molar-refractivity contribution in [2.24, 2.45) is 0 Å². The third-order valence-electron chi connectivity index (χ3n) is 2.55. The van der Waals surface area contributed by atoms with Crippen molar-refractivity contribution in [3.63, 3.8) is 0 Å². The predicted molar refractivity (Wildman–Crippen MR) is 69.0 cm³/mol. The van der Waals surface area contributed by atoms with Gasteiger partial charge in [-0.2, -0.15) is 0 Å². The monoisotopic (exact) mass is 249 g/mol. The summed E-state index contributed by atoms with van der Waals surface area (Å²) in [6.07, 6.45) is 3.17. The molecule has 0 aliphatic heterocycles. The zero-order chi connectivity index (χ0) is 13.6. The quantitative estimate of drug-likeness (QED) is 0.640. The zero-order valence-corrected chi connectivity index (χ0v) is 11.0. The van der Waals surface area contributed by atoms with Crippen LogP contribution in [0.15, 0.2) is 30.4 Å². The van der Waals surface area contributed by atoms with Crippen molar-refractivity contribution in [3.05, 3.63) is 41.7 Å². The van der Waals surface area contributed by atoms with Crippen LogP contribution in [0.5, 0.6) is 0 Å². The molecule has 0 fully saturated rings. The molecule has 1 aromatic rings. The average molecular weight is 249 g/mol. The van der Waals surface area contributed by atoms with E-state index in [2.05, 4.69) is 4.98 Å². The van der Waals surface area contributed by atoms with Crippen LogP contribution >= 0.6 is 0 Å². The van der Waals surface area contributed by atoms with Crippen molar-refractivity contribution in [2.75, 3.05) is 6.61 Å². The maximum atomic E-state index is 11.3. The molecule has 0 spiro atoms. The van der Waals surface area contributed by atoms with E-state index in [9.17, 15) is 4.79 Å². The van der Waals surface area contributed by atoms with E-state index in [-0.39, 0.29) is 12.6 Å². The first-order valence-corrected chi connectivity index (χ1v) is 5.93. The molecule has 0 aliphatic rings. The first-order valence-electron chi connectivity index (χ1n) is 5.93. The number of aliphatic hydroxyl groups excluding tert-OH is 1. The highest BCUT2D eigenvalue weighted by Crippen LogP contribution is 2.23. The fraction of sp³-hybridized carbons (Fsp3) is 0.429. The number of rotatable bonds is 5. The molecule has 1 rings (SSSR count). The molecule has 0 amide bonds. The molecule has 4 heteroatoms. The lowest BCUT2D eigenvalue weighted by Crippen LogP contribution is -2.17. The lowest BCUT2D eigenvalue weighted by atomic mass is 9.88. The van der Waals surface area contributed by atoms with E-state index in [1.54, 1.807) is 19.1 Å². The van der Waals surface area contributed by atoms with Gasteiger partial charge in [0.05, 0.1) is 24.6 Å². The number of carbonyl (C=O) groups excluding carboxylic acids is 1. The summed E-state index contributed by atoms with van der Waals surface area (Å²) in [5.41, 5.74) is 1.03. The highest BCUT2D eigenvalue weighted by atomic mass is 16.5. The van der Waals surface area contributed by atoms with Gasteiger partial charge in [-0.15, -0.1) is 0 Å². The van der Waals surface area contributed by atoms with Crippen molar-refractivity contribution in [1.29, 1.82) is 0 Å². The molecule has 1 aromatic heterocycles. The predicted octanol–water partition coefficient (Wildman–Crippen LogP) is 1.97. The largest absolute Gasteiger partial charge is 0.463 e. The molecule has 0 radical (unpaired) electrons. The summed E-state index contributed by atoms with van der Waals surface area (Å²) in [5, 5.41) is 9.06. The minimum absolute atomic E-state index is 0.0918. The maximum Gasteiger partial charge on any atom is 0.330 e. The fourth-order valence-electron chi connectivity index (χ4n) is 1.48. The third-order valence-corrected chi connectivity index (χ3v) is 2.55. The Hall–Kier alpha value is -1.68. The van der Waals surface area contributed by atoms with Gasteiger partial charge in [0.25, 0.3) is 0 Å². The maximum absolute atomic E-state index is 11.3. The SMILES string of the molecule is CCOC(=O)/C=C/C(C)(C)c1cccc(CO)n1. The first-order chi connectivity index (χ1) is 8.49. The third kappa shape index (κ3) is 3.96. The summed E-state index contributed by atoms with van der Waals surface area (Å²) >= 11 is 0. The van der Waals surface area contributed by atoms with E-state index < -0.39 is 5.41 Å². The van der Waals surface area contributed by atoms with Gasteiger partial charge in [-0.05, 0) is 19.1 Å². The van der Waals surface area contributed by atoms with E-state index in [0.717, 1.165) is 5.69 Å². The minimum Gasteiger partial charge on any atom is -0.463 e. The van der Waals surface area contributed by atoms with Crippen LogP contribution in [0.1, 0.15) is 32.2 Å². The summed E-state index contributed by atoms with van der Waals surface area (Å²) in [6, 6.07) is 5.47. The van der Waals surface area contributed by atoms with Crippen LogP contribution in [-0.4, -0.2) is 22.7 Å².